The summed E-state index contributed by atoms with van der Waals surface area (Å²) in [6.07, 6.45) is 0. The average molecular weight is 367 g/mol. The average Bonchev–Trinajstić information content (AvgIpc) is 2.67. The maximum atomic E-state index is 3.42. The van der Waals surface area contributed by atoms with Crippen LogP contribution < -0.4 is 0 Å². The summed E-state index contributed by atoms with van der Waals surface area (Å²) in [5, 5.41) is 0. The van der Waals surface area contributed by atoms with E-state index in [1.54, 1.807) is 0 Å². The van der Waals surface area contributed by atoms with Crippen LogP contribution in [0.25, 0.3) is 11.1 Å². The fourth-order valence-corrected chi connectivity index (χ4v) is 3.72. The van der Waals surface area contributed by atoms with E-state index in [1.807, 2.05) is 0 Å². The maximum absolute atomic E-state index is 3.42. The first-order valence-electron chi connectivity index (χ1n) is 9.98. The van der Waals surface area contributed by atoms with E-state index in [-0.39, 0.29) is 0 Å². The Kier molecular flexibility index (Phi) is 5.48. The molecule has 3 aromatic carbocycles. The minimum atomic E-state index is 1.11. The van der Waals surface area contributed by atoms with Crippen molar-refractivity contribution in [1.82, 2.24) is 0 Å². The highest BCUT2D eigenvalue weighted by molar-refractivity contribution is 5.74. The molecule has 0 N–H and O–H groups in total. The molecule has 0 aromatic heterocycles. The molecule has 3 rings (SSSR count). The van der Waals surface area contributed by atoms with Crippen LogP contribution in [-0.4, -0.2) is 0 Å². The van der Waals surface area contributed by atoms with Crippen LogP contribution >= 0.6 is 0 Å². The second-order valence-electron chi connectivity index (χ2n) is 8.02. The molecule has 28 heavy (non-hydrogen) atoms. The first-order chi connectivity index (χ1) is 13.2. The number of hydrogen-bond acceptors (Lipinski definition) is 0. The monoisotopic (exact) mass is 366 g/mol. The lowest BCUT2D eigenvalue weighted by Gasteiger charge is -2.16. The molecular weight excluding hydrogens is 336 g/mol. The molecular formula is C28H30. The Morgan fingerprint density at radius 2 is 0.750 bits per heavy atom. The highest BCUT2D eigenvalue weighted by atomic mass is 14.2. The SMILES string of the molecule is Cc1ccc(C#Cc2ccc(-c3ccc(C)c(C)c3C)c(C)c2C)c(C)c1C. The molecule has 142 valence electrons. The third-order valence-electron chi connectivity index (χ3n) is 6.53. The maximum Gasteiger partial charge on any atom is 0.0281 e. The molecule has 3 aromatic rings. The lowest BCUT2D eigenvalue weighted by atomic mass is 9.89. The number of hydrogen-bond donors (Lipinski definition) is 0. The molecule has 0 heteroatoms. The van der Waals surface area contributed by atoms with Crippen LogP contribution in [-0.2, 0) is 0 Å². The van der Waals surface area contributed by atoms with E-state index < -0.39 is 0 Å². The van der Waals surface area contributed by atoms with Crippen LogP contribution in [0.4, 0.5) is 0 Å². The van der Waals surface area contributed by atoms with E-state index >= 15 is 0 Å². The molecule has 0 saturated heterocycles. The zero-order valence-corrected chi connectivity index (χ0v) is 18.5. The highest BCUT2D eigenvalue weighted by Crippen LogP contribution is 2.32. The Hall–Kier alpha value is -2.78. The highest BCUT2D eigenvalue weighted by Gasteiger charge is 2.11. The largest absolute Gasteiger partial charge is 0.0614 e. The summed E-state index contributed by atoms with van der Waals surface area (Å²) in [5.74, 6) is 6.82. The van der Waals surface area contributed by atoms with Crippen LogP contribution in [0.2, 0.25) is 0 Å². The fourth-order valence-electron chi connectivity index (χ4n) is 3.72. The third-order valence-corrected chi connectivity index (χ3v) is 6.53. The quantitative estimate of drug-likeness (QED) is 0.399. The van der Waals surface area contributed by atoms with Crippen molar-refractivity contribution in [2.24, 2.45) is 0 Å². The van der Waals surface area contributed by atoms with Crippen molar-refractivity contribution in [3.8, 4) is 23.0 Å². The van der Waals surface area contributed by atoms with E-state index in [2.05, 4.69) is 104 Å². The van der Waals surface area contributed by atoms with Gasteiger partial charge in [-0.2, -0.15) is 0 Å². The van der Waals surface area contributed by atoms with Crippen molar-refractivity contribution in [3.63, 3.8) is 0 Å². The first-order valence-corrected chi connectivity index (χ1v) is 9.98. The Labute approximate surface area is 170 Å². The van der Waals surface area contributed by atoms with Crippen molar-refractivity contribution in [2.45, 2.75) is 55.4 Å². The van der Waals surface area contributed by atoms with Crippen LogP contribution in [0.5, 0.6) is 0 Å². The van der Waals surface area contributed by atoms with Gasteiger partial charge in [0, 0.05) is 11.1 Å². The van der Waals surface area contributed by atoms with Gasteiger partial charge in [-0.25, -0.2) is 0 Å². The van der Waals surface area contributed by atoms with E-state index in [4.69, 9.17) is 0 Å². The summed E-state index contributed by atoms with van der Waals surface area (Å²) in [5.41, 5.74) is 15.5. The summed E-state index contributed by atoms with van der Waals surface area (Å²) in [6.45, 7) is 17.5. The summed E-state index contributed by atoms with van der Waals surface area (Å²) >= 11 is 0. The second kappa shape index (κ2) is 7.69. The Morgan fingerprint density at radius 1 is 0.393 bits per heavy atom. The zero-order valence-electron chi connectivity index (χ0n) is 18.5. The number of rotatable bonds is 1. The van der Waals surface area contributed by atoms with Gasteiger partial charge in [0.25, 0.3) is 0 Å². The van der Waals surface area contributed by atoms with Crippen molar-refractivity contribution in [1.29, 1.82) is 0 Å². The van der Waals surface area contributed by atoms with Gasteiger partial charge in [0.1, 0.15) is 0 Å². The van der Waals surface area contributed by atoms with Crippen LogP contribution in [0.1, 0.15) is 55.6 Å². The molecule has 0 aliphatic heterocycles. The molecule has 0 heterocycles. The van der Waals surface area contributed by atoms with Crippen molar-refractivity contribution in [2.75, 3.05) is 0 Å². The summed E-state index contributed by atoms with van der Waals surface area (Å²) in [6, 6.07) is 13.2. The Balaban J connectivity index is 2.06. The Morgan fingerprint density at radius 3 is 1.32 bits per heavy atom. The van der Waals surface area contributed by atoms with Gasteiger partial charge in [0.05, 0.1) is 0 Å². The van der Waals surface area contributed by atoms with Crippen LogP contribution in [0, 0.1) is 67.2 Å². The molecule has 0 spiro atoms. The normalized spacial score (nSPS) is 10.6. The van der Waals surface area contributed by atoms with Gasteiger partial charge in [0.15, 0.2) is 0 Å². The van der Waals surface area contributed by atoms with Crippen molar-refractivity contribution < 1.29 is 0 Å². The van der Waals surface area contributed by atoms with Crippen molar-refractivity contribution in [3.05, 3.63) is 92.0 Å². The third kappa shape index (κ3) is 3.50. The lowest BCUT2D eigenvalue weighted by molar-refractivity contribution is 1.25. The topological polar surface area (TPSA) is 0 Å². The van der Waals surface area contributed by atoms with Crippen molar-refractivity contribution >= 4 is 0 Å². The predicted molar refractivity (Wildman–Crippen MR) is 122 cm³/mol. The molecule has 0 amide bonds. The number of benzene rings is 3. The standard InChI is InChI=1S/C28H30/c1-17-9-11-25(21(5)19(17)3)12-13-26-14-16-28(24(8)22(26)6)27-15-10-18(2)20(4)23(27)7/h9-11,14-16H,1-8H3. The van der Waals surface area contributed by atoms with E-state index in [9.17, 15) is 0 Å². The van der Waals surface area contributed by atoms with Gasteiger partial charge in [-0.05, 0) is 123 Å². The molecule has 0 radical (unpaired) electrons. The van der Waals surface area contributed by atoms with Gasteiger partial charge in [-0.1, -0.05) is 36.1 Å². The number of aryl methyl sites for hydroxylation is 2. The molecule has 0 bridgehead atoms. The first kappa shape index (κ1) is 20.0. The molecule has 0 fully saturated rings. The smallest absolute Gasteiger partial charge is 0.0281 e. The van der Waals surface area contributed by atoms with Crippen LogP contribution in [0.3, 0.4) is 0 Å². The summed E-state index contributed by atoms with van der Waals surface area (Å²) < 4.78 is 0. The van der Waals surface area contributed by atoms with E-state index in [1.165, 1.54) is 55.6 Å². The molecule has 0 saturated carbocycles. The summed E-state index contributed by atoms with van der Waals surface area (Å²) in [7, 11) is 0. The predicted octanol–water partition coefficient (Wildman–Crippen LogP) is 7.22. The van der Waals surface area contributed by atoms with E-state index in [0.29, 0.717) is 0 Å². The van der Waals surface area contributed by atoms with Gasteiger partial charge in [-0.3, -0.25) is 0 Å². The fraction of sp³-hybridized carbons (Fsp3) is 0.286. The molecule has 0 atom stereocenters. The van der Waals surface area contributed by atoms with Gasteiger partial charge in [-0.15, -0.1) is 0 Å². The zero-order chi connectivity index (χ0) is 20.6. The minimum Gasteiger partial charge on any atom is -0.0614 e. The lowest BCUT2D eigenvalue weighted by Crippen LogP contribution is -1.96. The summed E-state index contributed by atoms with van der Waals surface area (Å²) in [4.78, 5) is 0. The van der Waals surface area contributed by atoms with Gasteiger partial charge >= 0.3 is 0 Å². The molecule has 0 nitrogen and oxygen atoms in total. The van der Waals surface area contributed by atoms with Gasteiger partial charge in [0.2, 0.25) is 0 Å². The van der Waals surface area contributed by atoms with Crippen LogP contribution in [0.15, 0.2) is 36.4 Å². The van der Waals surface area contributed by atoms with Gasteiger partial charge < -0.3 is 0 Å². The minimum absolute atomic E-state index is 1.11. The Bertz CT molecular complexity index is 1130. The molecule has 0 aliphatic rings. The molecule has 0 unspecified atom stereocenters. The van der Waals surface area contributed by atoms with E-state index in [0.717, 1.165) is 11.1 Å². The second-order valence-corrected chi connectivity index (χ2v) is 8.02. The molecule has 0 aliphatic carbocycles.